The van der Waals surface area contributed by atoms with Crippen molar-refractivity contribution >= 4 is 16.8 Å². The van der Waals surface area contributed by atoms with Gasteiger partial charge in [-0.3, -0.25) is 4.79 Å². The quantitative estimate of drug-likeness (QED) is 0.693. The molecule has 0 aliphatic carbocycles. The SMILES string of the molecule is NC(=O)c1nn(-c2cc[nH]c2)c2ccccc12. The third kappa shape index (κ3) is 1.40. The Kier molecular flexibility index (Phi) is 1.98. The Hall–Kier alpha value is -2.56. The molecule has 0 spiro atoms. The number of rotatable bonds is 2. The molecule has 0 radical (unpaired) electrons. The fraction of sp³-hybridized carbons (Fsp3) is 0. The van der Waals surface area contributed by atoms with Crippen molar-refractivity contribution in [2.75, 3.05) is 0 Å². The van der Waals surface area contributed by atoms with Gasteiger partial charge in [-0.25, -0.2) is 4.68 Å². The molecule has 3 aromatic rings. The topological polar surface area (TPSA) is 76.7 Å². The Morgan fingerprint density at radius 2 is 2.12 bits per heavy atom. The van der Waals surface area contributed by atoms with Crippen LogP contribution >= 0.6 is 0 Å². The molecule has 1 aromatic carbocycles. The minimum Gasteiger partial charge on any atom is -0.366 e. The lowest BCUT2D eigenvalue weighted by Gasteiger charge is -1.97. The summed E-state index contributed by atoms with van der Waals surface area (Å²) < 4.78 is 1.70. The Morgan fingerprint density at radius 3 is 2.82 bits per heavy atom. The number of aromatic nitrogens is 3. The fourth-order valence-electron chi connectivity index (χ4n) is 1.89. The van der Waals surface area contributed by atoms with Crippen molar-refractivity contribution in [2.24, 2.45) is 5.73 Å². The summed E-state index contributed by atoms with van der Waals surface area (Å²) in [6.07, 6.45) is 3.61. The molecule has 0 fully saturated rings. The van der Waals surface area contributed by atoms with E-state index in [1.54, 1.807) is 10.9 Å². The van der Waals surface area contributed by atoms with Gasteiger partial charge in [-0.2, -0.15) is 5.10 Å². The van der Waals surface area contributed by atoms with Gasteiger partial charge in [-0.1, -0.05) is 18.2 Å². The molecule has 17 heavy (non-hydrogen) atoms. The number of carbonyl (C=O) groups is 1. The number of hydrogen-bond acceptors (Lipinski definition) is 2. The Balaban J connectivity index is 2.37. The smallest absolute Gasteiger partial charge is 0.269 e. The Morgan fingerprint density at radius 1 is 1.29 bits per heavy atom. The molecule has 0 saturated carbocycles. The zero-order chi connectivity index (χ0) is 11.8. The van der Waals surface area contributed by atoms with E-state index in [1.165, 1.54) is 0 Å². The zero-order valence-electron chi connectivity index (χ0n) is 8.92. The summed E-state index contributed by atoms with van der Waals surface area (Å²) in [6.45, 7) is 0. The predicted octanol–water partition coefficient (Wildman–Crippen LogP) is 1.45. The number of nitrogens with one attached hydrogen (secondary N) is 1. The van der Waals surface area contributed by atoms with Gasteiger partial charge in [0.2, 0.25) is 0 Å². The molecule has 5 nitrogen and oxygen atoms in total. The summed E-state index contributed by atoms with van der Waals surface area (Å²) in [4.78, 5) is 14.3. The van der Waals surface area contributed by atoms with Crippen molar-refractivity contribution in [1.82, 2.24) is 14.8 Å². The Bertz CT molecular complexity index is 682. The van der Waals surface area contributed by atoms with Gasteiger partial charge in [-0.05, 0) is 12.1 Å². The van der Waals surface area contributed by atoms with Gasteiger partial charge in [0.15, 0.2) is 5.69 Å². The highest BCUT2D eigenvalue weighted by atomic mass is 16.1. The number of nitrogens with two attached hydrogens (primary N) is 1. The summed E-state index contributed by atoms with van der Waals surface area (Å²) in [5.74, 6) is -0.518. The Labute approximate surface area is 96.9 Å². The van der Waals surface area contributed by atoms with Crippen LogP contribution in [-0.4, -0.2) is 20.7 Å². The van der Waals surface area contributed by atoms with E-state index >= 15 is 0 Å². The molecule has 1 amide bonds. The molecule has 0 aliphatic heterocycles. The molecule has 0 aliphatic rings. The number of hydrogen-bond donors (Lipinski definition) is 2. The molecule has 3 N–H and O–H groups in total. The van der Waals surface area contributed by atoms with Gasteiger partial charge >= 0.3 is 0 Å². The van der Waals surface area contributed by atoms with Crippen LogP contribution in [0.25, 0.3) is 16.6 Å². The molecule has 0 saturated heterocycles. The molecule has 0 unspecified atom stereocenters. The number of fused-ring (bicyclic) bond motifs is 1. The van der Waals surface area contributed by atoms with Crippen molar-refractivity contribution in [1.29, 1.82) is 0 Å². The fourth-order valence-corrected chi connectivity index (χ4v) is 1.89. The van der Waals surface area contributed by atoms with Crippen LogP contribution < -0.4 is 5.73 Å². The number of nitrogens with zero attached hydrogens (tertiary/aromatic N) is 2. The molecule has 0 atom stereocenters. The monoisotopic (exact) mass is 226 g/mol. The van der Waals surface area contributed by atoms with Crippen molar-refractivity contribution in [3.8, 4) is 5.69 Å². The lowest BCUT2D eigenvalue weighted by atomic mass is 10.2. The lowest BCUT2D eigenvalue weighted by molar-refractivity contribution is 0.0996. The van der Waals surface area contributed by atoms with Gasteiger partial charge in [0, 0.05) is 17.8 Å². The average Bonchev–Trinajstić information content (AvgIpc) is 2.95. The summed E-state index contributed by atoms with van der Waals surface area (Å²) in [7, 11) is 0. The summed E-state index contributed by atoms with van der Waals surface area (Å²) in [5, 5.41) is 5.02. The molecular formula is C12H10N4O. The van der Waals surface area contributed by atoms with Crippen LogP contribution in [0.1, 0.15) is 10.5 Å². The number of H-pyrrole nitrogens is 1. The van der Waals surface area contributed by atoms with Gasteiger partial charge in [0.1, 0.15) is 0 Å². The first kappa shape index (κ1) is 9.65. The molecule has 3 rings (SSSR count). The predicted molar refractivity (Wildman–Crippen MR) is 63.9 cm³/mol. The maximum absolute atomic E-state index is 11.3. The normalized spacial score (nSPS) is 10.8. The number of primary amides is 1. The van der Waals surface area contributed by atoms with Crippen molar-refractivity contribution in [2.45, 2.75) is 0 Å². The minimum absolute atomic E-state index is 0.293. The molecule has 2 heterocycles. The maximum Gasteiger partial charge on any atom is 0.269 e. The van der Waals surface area contributed by atoms with E-state index in [2.05, 4.69) is 10.1 Å². The number of carbonyl (C=O) groups excluding carboxylic acids is 1. The van der Waals surface area contributed by atoms with Crippen LogP contribution in [0.3, 0.4) is 0 Å². The minimum atomic E-state index is -0.518. The van der Waals surface area contributed by atoms with E-state index in [9.17, 15) is 4.79 Å². The van der Waals surface area contributed by atoms with Crippen LogP contribution in [0.4, 0.5) is 0 Å². The first-order chi connectivity index (χ1) is 8.27. The van der Waals surface area contributed by atoms with Gasteiger partial charge in [-0.15, -0.1) is 0 Å². The van der Waals surface area contributed by atoms with Gasteiger partial charge in [0.25, 0.3) is 5.91 Å². The number of amides is 1. The van der Waals surface area contributed by atoms with Crippen LogP contribution in [0.2, 0.25) is 0 Å². The number of aromatic amines is 1. The van der Waals surface area contributed by atoms with E-state index in [-0.39, 0.29) is 0 Å². The standard InChI is InChI=1S/C12H10N4O/c13-12(17)11-9-3-1-2-4-10(9)16(15-11)8-5-6-14-7-8/h1-7,14H,(H2,13,17). The highest BCUT2D eigenvalue weighted by molar-refractivity contribution is 6.04. The molecule has 0 bridgehead atoms. The van der Waals surface area contributed by atoms with E-state index in [0.29, 0.717) is 5.69 Å². The molecule has 5 heteroatoms. The van der Waals surface area contributed by atoms with E-state index in [1.807, 2.05) is 36.5 Å². The number of benzene rings is 1. The van der Waals surface area contributed by atoms with E-state index in [4.69, 9.17) is 5.73 Å². The molecule has 84 valence electrons. The highest BCUT2D eigenvalue weighted by Gasteiger charge is 2.14. The van der Waals surface area contributed by atoms with Crippen LogP contribution in [0.15, 0.2) is 42.7 Å². The summed E-state index contributed by atoms with van der Waals surface area (Å²) in [5.41, 5.74) is 7.35. The first-order valence-corrected chi connectivity index (χ1v) is 5.18. The molecular weight excluding hydrogens is 216 g/mol. The maximum atomic E-state index is 11.3. The zero-order valence-corrected chi connectivity index (χ0v) is 8.92. The van der Waals surface area contributed by atoms with Crippen molar-refractivity contribution in [3.05, 3.63) is 48.4 Å². The third-order valence-corrected chi connectivity index (χ3v) is 2.65. The van der Waals surface area contributed by atoms with Crippen LogP contribution in [0.5, 0.6) is 0 Å². The van der Waals surface area contributed by atoms with Crippen LogP contribution in [0, 0.1) is 0 Å². The highest BCUT2D eigenvalue weighted by Crippen LogP contribution is 2.21. The second-order valence-electron chi connectivity index (χ2n) is 3.71. The second kappa shape index (κ2) is 3.48. The lowest BCUT2D eigenvalue weighted by Crippen LogP contribution is -2.12. The van der Waals surface area contributed by atoms with Gasteiger partial charge < -0.3 is 10.7 Å². The second-order valence-corrected chi connectivity index (χ2v) is 3.71. The largest absolute Gasteiger partial charge is 0.366 e. The molecule has 2 aromatic heterocycles. The van der Waals surface area contributed by atoms with E-state index < -0.39 is 5.91 Å². The van der Waals surface area contributed by atoms with Crippen molar-refractivity contribution in [3.63, 3.8) is 0 Å². The van der Waals surface area contributed by atoms with Crippen molar-refractivity contribution < 1.29 is 4.79 Å². The van der Waals surface area contributed by atoms with Gasteiger partial charge in [0.05, 0.1) is 11.2 Å². The summed E-state index contributed by atoms with van der Waals surface area (Å²) in [6, 6.07) is 9.38. The third-order valence-electron chi connectivity index (χ3n) is 2.65. The average molecular weight is 226 g/mol. The number of para-hydroxylation sites is 1. The van der Waals surface area contributed by atoms with E-state index in [0.717, 1.165) is 16.6 Å². The first-order valence-electron chi connectivity index (χ1n) is 5.18. The summed E-state index contributed by atoms with van der Waals surface area (Å²) >= 11 is 0. The van der Waals surface area contributed by atoms with Crippen LogP contribution in [-0.2, 0) is 0 Å².